The van der Waals surface area contributed by atoms with Crippen LogP contribution in [0.3, 0.4) is 0 Å². The van der Waals surface area contributed by atoms with Crippen LogP contribution in [0.5, 0.6) is 11.5 Å². The molecule has 186 valence electrons. The zero-order chi connectivity index (χ0) is 26.1. The highest BCUT2D eigenvalue weighted by atomic mass is 32.2. The van der Waals surface area contributed by atoms with Crippen LogP contribution in [0.2, 0.25) is 0 Å². The Hall–Kier alpha value is -3.97. The van der Waals surface area contributed by atoms with Gasteiger partial charge in [-0.15, -0.1) is 11.3 Å². The normalized spacial score (nSPS) is 10.9. The lowest BCUT2D eigenvalue weighted by Crippen LogP contribution is -2.32. The molecule has 0 radical (unpaired) electrons. The van der Waals surface area contributed by atoms with Gasteiger partial charge in [-0.3, -0.25) is 10.1 Å². The number of aromatic nitrogens is 1. The van der Waals surface area contributed by atoms with Crippen LogP contribution >= 0.6 is 11.3 Å². The Bertz CT molecular complexity index is 1390. The molecule has 3 rings (SSSR count). The van der Waals surface area contributed by atoms with Gasteiger partial charge in [0.25, 0.3) is 5.91 Å². The van der Waals surface area contributed by atoms with Crippen molar-refractivity contribution in [2.45, 2.75) is 17.7 Å². The van der Waals surface area contributed by atoms with Gasteiger partial charge in [0.1, 0.15) is 11.5 Å². The van der Waals surface area contributed by atoms with E-state index >= 15 is 0 Å². The van der Waals surface area contributed by atoms with E-state index in [-0.39, 0.29) is 36.4 Å². The maximum absolute atomic E-state index is 12.9. The number of rotatable bonds is 11. The van der Waals surface area contributed by atoms with Crippen molar-refractivity contribution in [3.8, 4) is 34.9 Å². The predicted molar refractivity (Wildman–Crippen MR) is 134 cm³/mol. The predicted octanol–water partition coefficient (Wildman–Crippen LogP) is 3.90. The minimum Gasteiger partial charge on any atom is -0.497 e. The van der Waals surface area contributed by atoms with Crippen LogP contribution in [0.25, 0.3) is 11.3 Å². The van der Waals surface area contributed by atoms with Crippen LogP contribution in [0, 0.1) is 22.7 Å². The molecule has 0 saturated carbocycles. The third-order valence-corrected chi connectivity index (χ3v) is 7.78. The van der Waals surface area contributed by atoms with Gasteiger partial charge >= 0.3 is 0 Å². The van der Waals surface area contributed by atoms with E-state index in [4.69, 9.17) is 20.0 Å². The molecule has 10 nitrogen and oxygen atoms in total. The van der Waals surface area contributed by atoms with Crippen molar-refractivity contribution in [1.29, 1.82) is 10.5 Å². The molecule has 3 aromatic rings. The number of carbonyl (C=O) groups is 1. The maximum Gasteiger partial charge on any atom is 0.257 e. The second-order valence-electron chi connectivity index (χ2n) is 7.30. The topological polar surface area (TPSA) is 145 Å². The highest BCUT2D eigenvalue weighted by molar-refractivity contribution is 7.89. The molecule has 0 atom stereocenters. The lowest BCUT2D eigenvalue weighted by atomic mass is 10.1. The van der Waals surface area contributed by atoms with Crippen LogP contribution in [-0.4, -0.2) is 50.9 Å². The number of sulfonamides is 1. The van der Waals surface area contributed by atoms with Crippen molar-refractivity contribution in [3.63, 3.8) is 0 Å². The number of methoxy groups -OCH3 is 2. The molecule has 36 heavy (non-hydrogen) atoms. The lowest BCUT2D eigenvalue weighted by Gasteiger charge is -2.20. The largest absolute Gasteiger partial charge is 0.497 e. The summed E-state index contributed by atoms with van der Waals surface area (Å²) in [6.45, 7) is -0.0395. The molecule has 0 aliphatic rings. The Morgan fingerprint density at radius 1 is 1.06 bits per heavy atom. The summed E-state index contributed by atoms with van der Waals surface area (Å²) in [6.07, 6.45) is 0.00665. The van der Waals surface area contributed by atoms with Crippen molar-refractivity contribution in [2.75, 3.05) is 32.6 Å². The zero-order valence-corrected chi connectivity index (χ0v) is 21.2. The highest BCUT2D eigenvalue weighted by Gasteiger charge is 2.24. The molecule has 1 amide bonds. The fraction of sp³-hybridized carbons (Fsp3) is 0.250. The molecule has 0 aliphatic heterocycles. The fourth-order valence-corrected chi connectivity index (χ4v) is 5.41. The van der Waals surface area contributed by atoms with E-state index < -0.39 is 15.9 Å². The third kappa shape index (κ3) is 6.17. The van der Waals surface area contributed by atoms with Crippen molar-refractivity contribution < 1.29 is 22.7 Å². The first-order valence-corrected chi connectivity index (χ1v) is 13.0. The van der Waals surface area contributed by atoms with Gasteiger partial charge in [0.05, 0.1) is 36.9 Å². The molecule has 0 bridgehead atoms. The number of hydrogen-bond acceptors (Lipinski definition) is 9. The van der Waals surface area contributed by atoms with Crippen molar-refractivity contribution in [1.82, 2.24) is 9.29 Å². The van der Waals surface area contributed by atoms with Crippen LogP contribution < -0.4 is 14.8 Å². The second kappa shape index (κ2) is 12.1. The molecule has 1 N–H and O–H groups in total. The van der Waals surface area contributed by atoms with Crippen LogP contribution in [-0.2, 0) is 10.0 Å². The molecule has 1 aromatic heterocycles. The van der Waals surface area contributed by atoms with Gasteiger partial charge in [0.2, 0.25) is 10.0 Å². The number of thiazole rings is 1. The quantitative estimate of drug-likeness (QED) is 0.397. The van der Waals surface area contributed by atoms with E-state index in [0.29, 0.717) is 22.3 Å². The van der Waals surface area contributed by atoms with E-state index in [0.717, 1.165) is 9.87 Å². The van der Waals surface area contributed by atoms with Crippen molar-refractivity contribution in [3.05, 3.63) is 53.4 Å². The average Bonchev–Trinajstić information content (AvgIpc) is 3.36. The van der Waals surface area contributed by atoms with Gasteiger partial charge in [0, 0.05) is 48.5 Å². The summed E-state index contributed by atoms with van der Waals surface area (Å²) in [4.78, 5) is 17.2. The SMILES string of the molecule is COc1ccc(-c2csc(NC(=O)c3ccc(S(=O)(=O)N(CCC#N)CCC#N)cc3)n2)c(OC)c1. The van der Waals surface area contributed by atoms with Crippen LogP contribution in [0.1, 0.15) is 23.2 Å². The van der Waals surface area contributed by atoms with Crippen molar-refractivity contribution >= 4 is 32.4 Å². The molecule has 0 saturated heterocycles. The summed E-state index contributed by atoms with van der Waals surface area (Å²) >= 11 is 1.24. The summed E-state index contributed by atoms with van der Waals surface area (Å²) < 4.78 is 37.6. The Labute approximate surface area is 213 Å². The standard InChI is InChI=1S/C24H23N5O5S2/c1-33-18-7-10-20(22(15-18)34-2)21-16-35-24(27-21)28-23(30)17-5-8-19(9-6-17)36(31,32)29(13-3-11-25)14-4-12-26/h5-10,15-16H,3-4,13-14H2,1-2H3,(H,27,28,30). The summed E-state index contributed by atoms with van der Waals surface area (Å²) in [6, 6.07) is 14.6. The number of nitriles is 2. The van der Waals surface area contributed by atoms with Gasteiger partial charge < -0.3 is 9.47 Å². The molecule has 0 aliphatic carbocycles. The number of anilines is 1. The summed E-state index contributed by atoms with van der Waals surface area (Å²) in [5.41, 5.74) is 1.60. The minimum atomic E-state index is -3.92. The van der Waals surface area contributed by atoms with E-state index in [2.05, 4.69) is 10.3 Å². The number of nitrogens with one attached hydrogen (secondary N) is 1. The Kier molecular flexibility index (Phi) is 8.97. The van der Waals surface area contributed by atoms with Crippen LogP contribution in [0.4, 0.5) is 5.13 Å². The molecule has 0 fully saturated rings. The molecule has 0 unspecified atom stereocenters. The van der Waals surface area contributed by atoms with Crippen LogP contribution in [0.15, 0.2) is 52.7 Å². The molecular formula is C24H23N5O5S2. The van der Waals surface area contributed by atoms with Gasteiger partial charge in [-0.25, -0.2) is 13.4 Å². The van der Waals surface area contributed by atoms with Gasteiger partial charge in [0.15, 0.2) is 5.13 Å². The molecule has 12 heteroatoms. The number of nitrogens with zero attached hydrogens (tertiary/aromatic N) is 4. The Morgan fingerprint density at radius 2 is 1.72 bits per heavy atom. The first-order chi connectivity index (χ1) is 17.3. The first kappa shape index (κ1) is 26.6. The minimum absolute atomic E-state index is 0.00332. The number of carbonyl (C=O) groups excluding carboxylic acids is 1. The third-order valence-electron chi connectivity index (χ3n) is 5.11. The maximum atomic E-state index is 12.9. The van der Waals surface area contributed by atoms with E-state index in [1.165, 1.54) is 35.6 Å². The summed E-state index contributed by atoms with van der Waals surface area (Å²) in [7, 11) is -0.811. The molecule has 0 spiro atoms. The summed E-state index contributed by atoms with van der Waals surface area (Å²) in [5, 5.41) is 22.5. The smallest absolute Gasteiger partial charge is 0.257 e. The first-order valence-electron chi connectivity index (χ1n) is 10.7. The van der Waals surface area contributed by atoms with E-state index in [1.54, 1.807) is 31.7 Å². The van der Waals surface area contributed by atoms with E-state index in [1.807, 2.05) is 18.2 Å². The van der Waals surface area contributed by atoms with E-state index in [9.17, 15) is 13.2 Å². The second-order valence-corrected chi connectivity index (χ2v) is 10.1. The Morgan fingerprint density at radius 3 is 2.31 bits per heavy atom. The Balaban J connectivity index is 1.74. The number of ether oxygens (including phenoxy) is 2. The monoisotopic (exact) mass is 525 g/mol. The number of amides is 1. The van der Waals surface area contributed by atoms with Gasteiger partial charge in [-0.05, 0) is 36.4 Å². The van der Waals surface area contributed by atoms with Crippen molar-refractivity contribution in [2.24, 2.45) is 0 Å². The number of benzene rings is 2. The highest BCUT2D eigenvalue weighted by Crippen LogP contribution is 2.35. The zero-order valence-electron chi connectivity index (χ0n) is 19.6. The van der Waals surface area contributed by atoms with Gasteiger partial charge in [-0.1, -0.05) is 0 Å². The fourth-order valence-electron chi connectivity index (χ4n) is 3.26. The lowest BCUT2D eigenvalue weighted by molar-refractivity contribution is 0.102. The number of hydrogen-bond donors (Lipinski definition) is 1. The summed E-state index contributed by atoms with van der Waals surface area (Å²) in [5.74, 6) is 0.767. The average molecular weight is 526 g/mol. The van der Waals surface area contributed by atoms with Gasteiger partial charge in [-0.2, -0.15) is 14.8 Å². The molecular weight excluding hydrogens is 502 g/mol. The molecule has 2 aromatic carbocycles. The molecule has 1 heterocycles.